The van der Waals surface area contributed by atoms with E-state index in [1.165, 1.54) is 0 Å². The maximum Gasteiger partial charge on any atom is 0.245 e. The minimum atomic E-state index is 0.474. The first-order chi connectivity index (χ1) is 8.72. The van der Waals surface area contributed by atoms with Gasteiger partial charge in [0.05, 0.1) is 5.01 Å². The molecule has 0 unspecified atom stereocenters. The monoisotopic (exact) mass is 264 g/mol. The second-order valence-corrected chi connectivity index (χ2v) is 5.60. The molecule has 1 atom stereocenters. The van der Waals surface area contributed by atoms with Gasteiger partial charge in [-0.1, -0.05) is 0 Å². The number of hydrogen-bond donors (Lipinski definition) is 2. The van der Waals surface area contributed by atoms with Gasteiger partial charge in [-0.05, 0) is 13.8 Å². The first-order valence-electron chi connectivity index (χ1n) is 6.05. The number of hydrogen-bond acceptors (Lipinski definition) is 6. The van der Waals surface area contributed by atoms with E-state index in [0.29, 0.717) is 6.04 Å². The molecule has 1 aliphatic heterocycles. The number of aromatic nitrogens is 4. The van der Waals surface area contributed by atoms with E-state index in [1.807, 2.05) is 12.3 Å². The third kappa shape index (κ3) is 2.23. The molecule has 2 aromatic heterocycles. The molecule has 96 valence electrons. The molecule has 0 aromatic carbocycles. The normalized spacial score (nSPS) is 20.3. The van der Waals surface area contributed by atoms with E-state index < -0.39 is 0 Å². The summed E-state index contributed by atoms with van der Waals surface area (Å²) in [6.45, 7) is 7.01. The molecule has 18 heavy (non-hydrogen) atoms. The van der Waals surface area contributed by atoms with Crippen LogP contribution in [0.2, 0.25) is 0 Å². The largest absolute Gasteiger partial charge is 0.337 e. The fourth-order valence-electron chi connectivity index (χ4n) is 2.10. The summed E-state index contributed by atoms with van der Waals surface area (Å²) >= 11 is 1.62. The Morgan fingerprint density at radius 2 is 2.33 bits per heavy atom. The van der Waals surface area contributed by atoms with Gasteiger partial charge in [-0.2, -0.15) is 4.98 Å². The summed E-state index contributed by atoms with van der Waals surface area (Å²) in [5, 5.41) is 13.7. The van der Waals surface area contributed by atoms with Crippen LogP contribution in [0.4, 0.5) is 5.95 Å². The quantitative estimate of drug-likeness (QED) is 0.848. The molecule has 2 N–H and O–H groups in total. The van der Waals surface area contributed by atoms with Crippen molar-refractivity contribution in [1.29, 1.82) is 0 Å². The molecule has 1 saturated heterocycles. The summed E-state index contributed by atoms with van der Waals surface area (Å²) in [6, 6.07) is 0.474. The summed E-state index contributed by atoms with van der Waals surface area (Å²) in [5.74, 6) is 1.52. The van der Waals surface area contributed by atoms with Crippen molar-refractivity contribution in [2.24, 2.45) is 0 Å². The summed E-state index contributed by atoms with van der Waals surface area (Å²) in [4.78, 5) is 11.1. The second kappa shape index (κ2) is 4.66. The molecule has 0 spiro atoms. The van der Waals surface area contributed by atoms with Crippen LogP contribution >= 0.6 is 11.3 Å². The van der Waals surface area contributed by atoms with E-state index >= 15 is 0 Å². The van der Waals surface area contributed by atoms with Gasteiger partial charge in [0.1, 0.15) is 5.69 Å². The number of aromatic amines is 1. The number of anilines is 1. The van der Waals surface area contributed by atoms with Gasteiger partial charge in [0.25, 0.3) is 0 Å². The Labute approximate surface area is 109 Å². The van der Waals surface area contributed by atoms with Gasteiger partial charge in [0.2, 0.25) is 5.95 Å². The van der Waals surface area contributed by atoms with Crippen LogP contribution in [-0.4, -0.2) is 45.8 Å². The molecule has 1 aliphatic rings. The number of rotatable bonds is 2. The predicted molar refractivity (Wildman–Crippen MR) is 71.9 cm³/mol. The number of H-pyrrole nitrogens is 1. The average Bonchev–Trinajstić information content (AvgIpc) is 2.97. The lowest BCUT2D eigenvalue weighted by atomic mass is 10.2. The van der Waals surface area contributed by atoms with Gasteiger partial charge < -0.3 is 10.2 Å². The molecule has 6 nitrogen and oxygen atoms in total. The maximum atomic E-state index is 4.53. The standard InChI is InChI=1S/C11H16N6S/c1-7-5-17(4-3-12-7)11-14-10(15-16-11)9-6-18-8(2)13-9/h6-7,12H,3-5H2,1-2H3,(H,14,15,16)/t7-/m0/s1. The highest BCUT2D eigenvalue weighted by molar-refractivity contribution is 7.09. The lowest BCUT2D eigenvalue weighted by Crippen LogP contribution is -2.49. The molecule has 0 radical (unpaired) electrons. The van der Waals surface area contributed by atoms with Crippen molar-refractivity contribution in [3.05, 3.63) is 10.4 Å². The van der Waals surface area contributed by atoms with Crippen LogP contribution in [0, 0.1) is 6.92 Å². The minimum absolute atomic E-state index is 0.474. The zero-order valence-electron chi connectivity index (χ0n) is 10.5. The molecule has 0 bridgehead atoms. The highest BCUT2D eigenvalue weighted by Crippen LogP contribution is 2.20. The highest BCUT2D eigenvalue weighted by atomic mass is 32.1. The maximum absolute atomic E-state index is 4.53. The SMILES string of the molecule is Cc1nc(-c2nc(N3CCN[C@@H](C)C3)n[nH]2)cs1. The molecule has 3 rings (SSSR count). The molecular weight excluding hydrogens is 248 g/mol. The van der Waals surface area contributed by atoms with Crippen molar-refractivity contribution >= 4 is 17.3 Å². The van der Waals surface area contributed by atoms with Crippen LogP contribution in [0.1, 0.15) is 11.9 Å². The Morgan fingerprint density at radius 1 is 1.44 bits per heavy atom. The van der Waals surface area contributed by atoms with Crippen LogP contribution in [0.15, 0.2) is 5.38 Å². The van der Waals surface area contributed by atoms with Gasteiger partial charge in [-0.3, -0.25) is 5.10 Å². The van der Waals surface area contributed by atoms with Gasteiger partial charge in [-0.15, -0.1) is 16.4 Å². The Kier molecular flexibility index (Phi) is 3.00. The molecule has 1 fully saturated rings. The molecule has 0 amide bonds. The molecule has 2 aromatic rings. The summed E-state index contributed by atoms with van der Waals surface area (Å²) in [7, 11) is 0. The minimum Gasteiger partial charge on any atom is -0.337 e. The Balaban J connectivity index is 1.80. The van der Waals surface area contributed by atoms with Crippen molar-refractivity contribution in [1.82, 2.24) is 25.5 Å². The van der Waals surface area contributed by atoms with Gasteiger partial charge in [-0.25, -0.2) is 4.98 Å². The second-order valence-electron chi connectivity index (χ2n) is 4.54. The number of thiazole rings is 1. The molecule has 0 aliphatic carbocycles. The number of aryl methyl sites for hydroxylation is 1. The van der Waals surface area contributed by atoms with E-state index in [2.05, 4.69) is 37.3 Å². The smallest absolute Gasteiger partial charge is 0.245 e. The van der Waals surface area contributed by atoms with E-state index in [9.17, 15) is 0 Å². The van der Waals surface area contributed by atoms with Crippen molar-refractivity contribution in [3.8, 4) is 11.5 Å². The zero-order chi connectivity index (χ0) is 12.5. The van der Waals surface area contributed by atoms with Crippen LogP contribution in [0.3, 0.4) is 0 Å². The van der Waals surface area contributed by atoms with Crippen molar-refractivity contribution < 1.29 is 0 Å². The van der Waals surface area contributed by atoms with Gasteiger partial charge in [0.15, 0.2) is 5.82 Å². The predicted octanol–water partition coefficient (Wildman–Crippen LogP) is 1.03. The number of nitrogens with one attached hydrogen (secondary N) is 2. The van der Waals surface area contributed by atoms with Crippen LogP contribution in [-0.2, 0) is 0 Å². The lowest BCUT2D eigenvalue weighted by Gasteiger charge is -2.30. The van der Waals surface area contributed by atoms with Crippen molar-refractivity contribution in [2.45, 2.75) is 19.9 Å². The Hall–Kier alpha value is -1.47. The Morgan fingerprint density at radius 3 is 3.06 bits per heavy atom. The van der Waals surface area contributed by atoms with E-state index in [1.54, 1.807) is 11.3 Å². The van der Waals surface area contributed by atoms with E-state index in [0.717, 1.165) is 42.1 Å². The summed E-state index contributed by atoms with van der Waals surface area (Å²) < 4.78 is 0. The number of nitrogens with zero attached hydrogens (tertiary/aromatic N) is 4. The zero-order valence-corrected chi connectivity index (χ0v) is 11.3. The Bertz CT molecular complexity index is 533. The molecular formula is C11H16N6S. The van der Waals surface area contributed by atoms with Crippen molar-refractivity contribution in [3.63, 3.8) is 0 Å². The van der Waals surface area contributed by atoms with E-state index in [4.69, 9.17) is 0 Å². The highest BCUT2D eigenvalue weighted by Gasteiger charge is 2.19. The summed E-state index contributed by atoms with van der Waals surface area (Å²) in [5.41, 5.74) is 0.874. The fraction of sp³-hybridized carbons (Fsp3) is 0.545. The molecule has 0 saturated carbocycles. The van der Waals surface area contributed by atoms with Gasteiger partial charge in [0, 0.05) is 31.1 Å². The molecule has 7 heteroatoms. The van der Waals surface area contributed by atoms with Crippen molar-refractivity contribution in [2.75, 3.05) is 24.5 Å². The third-order valence-corrected chi connectivity index (χ3v) is 3.76. The number of piperazine rings is 1. The topological polar surface area (TPSA) is 69.7 Å². The molecule has 3 heterocycles. The fourth-order valence-corrected chi connectivity index (χ4v) is 2.69. The van der Waals surface area contributed by atoms with Crippen LogP contribution < -0.4 is 10.2 Å². The lowest BCUT2D eigenvalue weighted by molar-refractivity contribution is 0.480. The first-order valence-corrected chi connectivity index (χ1v) is 6.93. The van der Waals surface area contributed by atoms with Gasteiger partial charge >= 0.3 is 0 Å². The van der Waals surface area contributed by atoms with Crippen LogP contribution in [0.5, 0.6) is 0 Å². The van der Waals surface area contributed by atoms with E-state index in [-0.39, 0.29) is 0 Å². The average molecular weight is 264 g/mol. The van der Waals surface area contributed by atoms with Crippen LogP contribution in [0.25, 0.3) is 11.5 Å². The summed E-state index contributed by atoms with van der Waals surface area (Å²) in [6.07, 6.45) is 0. The third-order valence-electron chi connectivity index (χ3n) is 2.99. The first kappa shape index (κ1) is 11.6.